The van der Waals surface area contributed by atoms with Crippen LogP contribution in [-0.2, 0) is 6.42 Å². The topological polar surface area (TPSA) is 25.2 Å². The summed E-state index contributed by atoms with van der Waals surface area (Å²) in [7, 11) is 0. The fraction of sp³-hybridized carbons (Fsp3) is 0.250. The molecule has 1 heterocycles. The molecule has 3 heteroatoms. The summed E-state index contributed by atoms with van der Waals surface area (Å²) in [5.74, 6) is 0. The Morgan fingerprint density at radius 1 is 0.957 bits per heavy atom. The summed E-state index contributed by atoms with van der Waals surface area (Å²) in [5.41, 5.74) is 4.93. The summed E-state index contributed by atoms with van der Waals surface area (Å²) in [6.07, 6.45) is 0.896. The van der Waals surface area contributed by atoms with Crippen LogP contribution < -0.4 is 10.6 Å². The number of pyridine rings is 1. The van der Waals surface area contributed by atoms with Gasteiger partial charge in [-0.05, 0) is 36.4 Å². The van der Waals surface area contributed by atoms with E-state index in [-0.39, 0.29) is 5.56 Å². The summed E-state index contributed by atoms with van der Waals surface area (Å²) in [6, 6.07) is 16.4. The van der Waals surface area contributed by atoms with Crippen LogP contribution in [-0.4, -0.2) is 17.8 Å². The molecule has 23 heavy (non-hydrogen) atoms. The van der Waals surface area contributed by atoms with Crippen molar-refractivity contribution in [2.45, 2.75) is 20.3 Å². The van der Waals surface area contributed by atoms with Crippen LogP contribution in [0, 0.1) is 0 Å². The van der Waals surface area contributed by atoms with Gasteiger partial charge >= 0.3 is 0 Å². The largest absolute Gasteiger partial charge is 0.310 e. The molecule has 0 saturated carbocycles. The smallest absolute Gasteiger partial charge is 0.277 e. The van der Waals surface area contributed by atoms with E-state index in [0.29, 0.717) is 0 Å². The summed E-state index contributed by atoms with van der Waals surface area (Å²) in [5, 5.41) is 4.02. The highest BCUT2D eigenvalue weighted by molar-refractivity contribution is 5.93. The van der Waals surface area contributed by atoms with Crippen LogP contribution in [0.3, 0.4) is 0 Å². The summed E-state index contributed by atoms with van der Waals surface area (Å²) < 4.78 is 1.91. The highest BCUT2D eigenvalue weighted by Crippen LogP contribution is 2.39. The molecule has 0 radical (unpaired) electrons. The first kappa shape index (κ1) is 14.1. The molecule has 0 fully saturated rings. The lowest BCUT2D eigenvalue weighted by molar-refractivity contribution is 0.609. The lowest BCUT2D eigenvalue weighted by atomic mass is 10.0. The quantitative estimate of drug-likeness (QED) is 0.578. The molecule has 0 saturated heterocycles. The van der Waals surface area contributed by atoms with E-state index in [0.717, 1.165) is 36.0 Å². The number of nitrogens with zero attached hydrogens (tertiary/aromatic N) is 2. The van der Waals surface area contributed by atoms with Crippen LogP contribution in [0.2, 0.25) is 0 Å². The third-order valence-electron chi connectivity index (χ3n) is 4.83. The average Bonchev–Trinajstić information content (AvgIpc) is 2.98. The minimum atomic E-state index is 0.0831. The van der Waals surface area contributed by atoms with E-state index in [1.165, 1.54) is 16.7 Å². The molecule has 3 aromatic rings. The number of benzene rings is 2. The van der Waals surface area contributed by atoms with Gasteiger partial charge in [0.1, 0.15) is 0 Å². The molecule has 1 aromatic heterocycles. The SMILES string of the molecule is CCN(CC)n1c2c(c3ccccc3c1=O)Cc1ccccc1-2. The predicted octanol–water partition coefficient (Wildman–Crippen LogP) is 3.55. The van der Waals surface area contributed by atoms with Gasteiger partial charge in [-0.3, -0.25) is 4.79 Å². The van der Waals surface area contributed by atoms with Crippen LogP contribution in [0.15, 0.2) is 53.3 Å². The Labute approximate surface area is 135 Å². The first-order chi connectivity index (χ1) is 11.3. The lowest BCUT2D eigenvalue weighted by Gasteiger charge is -2.27. The zero-order valence-electron chi connectivity index (χ0n) is 13.5. The highest BCUT2D eigenvalue weighted by atomic mass is 16.1. The highest BCUT2D eigenvalue weighted by Gasteiger charge is 2.27. The third kappa shape index (κ3) is 1.93. The number of hydrogen-bond donors (Lipinski definition) is 0. The first-order valence-electron chi connectivity index (χ1n) is 8.26. The van der Waals surface area contributed by atoms with Crippen molar-refractivity contribution in [1.82, 2.24) is 4.68 Å². The van der Waals surface area contributed by atoms with Gasteiger partial charge in [0.25, 0.3) is 5.56 Å². The second kappa shape index (κ2) is 5.27. The Morgan fingerprint density at radius 2 is 1.61 bits per heavy atom. The molecule has 0 aliphatic heterocycles. The minimum absolute atomic E-state index is 0.0831. The van der Waals surface area contributed by atoms with Crippen LogP contribution in [0.1, 0.15) is 25.0 Å². The fourth-order valence-corrected chi connectivity index (χ4v) is 3.73. The molecule has 0 amide bonds. The maximum absolute atomic E-state index is 13.2. The zero-order chi connectivity index (χ0) is 16.0. The van der Waals surface area contributed by atoms with Crippen molar-refractivity contribution in [3.05, 3.63) is 70.0 Å². The predicted molar refractivity (Wildman–Crippen MR) is 95.7 cm³/mol. The average molecular weight is 304 g/mol. The summed E-state index contributed by atoms with van der Waals surface area (Å²) in [4.78, 5) is 13.2. The van der Waals surface area contributed by atoms with Crippen molar-refractivity contribution in [3.8, 4) is 11.3 Å². The molecule has 0 spiro atoms. The maximum atomic E-state index is 13.2. The minimum Gasteiger partial charge on any atom is -0.310 e. The Kier molecular flexibility index (Phi) is 3.22. The Morgan fingerprint density at radius 3 is 2.35 bits per heavy atom. The monoisotopic (exact) mass is 304 g/mol. The van der Waals surface area contributed by atoms with E-state index in [2.05, 4.69) is 49.2 Å². The molecule has 3 nitrogen and oxygen atoms in total. The number of hydrogen-bond acceptors (Lipinski definition) is 2. The molecule has 2 aromatic carbocycles. The van der Waals surface area contributed by atoms with Gasteiger partial charge in [0.15, 0.2) is 0 Å². The lowest BCUT2D eigenvalue weighted by Crippen LogP contribution is -2.43. The van der Waals surface area contributed by atoms with Gasteiger partial charge in [-0.25, -0.2) is 4.68 Å². The van der Waals surface area contributed by atoms with Crippen LogP contribution >= 0.6 is 0 Å². The molecule has 0 unspecified atom stereocenters. The van der Waals surface area contributed by atoms with Crippen molar-refractivity contribution >= 4 is 10.8 Å². The van der Waals surface area contributed by atoms with Crippen molar-refractivity contribution in [2.24, 2.45) is 0 Å². The second-order valence-electron chi connectivity index (χ2n) is 5.96. The molecule has 116 valence electrons. The molecular formula is C20H20N2O. The van der Waals surface area contributed by atoms with Crippen LogP contribution in [0.5, 0.6) is 0 Å². The molecule has 4 rings (SSSR count). The van der Waals surface area contributed by atoms with Gasteiger partial charge < -0.3 is 5.01 Å². The van der Waals surface area contributed by atoms with Gasteiger partial charge in [-0.15, -0.1) is 0 Å². The van der Waals surface area contributed by atoms with Crippen molar-refractivity contribution in [3.63, 3.8) is 0 Å². The number of fused-ring (bicyclic) bond motifs is 5. The van der Waals surface area contributed by atoms with E-state index in [1.54, 1.807) is 0 Å². The first-order valence-corrected chi connectivity index (χ1v) is 8.26. The van der Waals surface area contributed by atoms with Gasteiger partial charge in [-0.2, -0.15) is 0 Å². The Hall–Kier alpha value is -2.55. The van der Waals surface area contributed by atoms with E-state index >= 15 is 0 Å². The molecule has 0 N–H and O–H groups in total. The van der Waals surface area contributed by atoms with Crippen LogP contribution in [0.4, 0.5) is 0 Å². The summed E-state index contributed by atoms with van der Waals surface area (Å²) >= 11 is 0. The maximum Gasteiger partial charge on any atom is 0.277 e. The molecule has 1 aliphatic rings. The fourth-order valence-electron chi connectivity index (χ4n) is 3.73. The third-order valence-corrected chi connectivity index (χ3v) is 4.83. The van der Waals surface area contributed by atoms with E-state index in [4.69, 9.17) is 0 Å². The second-order valence-corrected chi connectivity index (χ2v) is 5.96. The van der Waals surface area contributed by atoms with E-state index in [1.807, 2.05) is 22.9 Å². The Bertz CT molecular complexity index is 952. The van der Waals surface area contributed by atoms with Gasteiger partial charge in [0.2, 0.25) is 0 Å². The normalized spacial score (nSPS) is 12.3. The zero-order valence-corrected chi connectivity index (χ0v) is 13.5. The molecule has 1 aliphatic carbocycles. The standard InChI is InChI=1S/C20H20N2O/c1-3-21(4-2)22-19-15-10-6-5-9-14(15)13-18(19)16-11-7-8-12-17(16)20(22)23/h5-12H,3-4,13H2,1-2H3. The van der Waals surface area contributed by atoms with E-state index in [9.17, 15) is 4.79 Å². The van der Waals surface area contributed by atoms with Crippen molar-refractivity contribution < 1.29 is 0 Å². The van der Waals surface area contributed by atoms with Crippen molar-refractivity contribution in [1.29, 1.82) is 0 Å². The molecule has 0 bridgehead atoms. The molecular weight excluding hydrogens is 284 g/mol. The van der Waals surface area contributed by atoms with Gasteiger partial charge in [0, 0.05) is 30.5 Å². The van der Waals surface area contributed by atoms with E-state index < -0.39 is 0 Å². The number of aromatic nitrogens is 1. The van der Waals surface area contributed by atoms with Gasteiger partial charge in [-0.1, -0.05) is 42.5 Å². The number of rotatable bonds is 3. The Balaban J connectivity index is 2.17. The summed E-state index contributed by atoms with van der Waals surface area (Å²) in [6.45, 7) is 5.81. The van der Waals surface area contributed by atoms with Crippen LogP contribution in [0.25, 0.3) is 22.0 Å². The molecule has 0 atom stereocenters. The van der Waals surface area contributed by atoms with Crippen molar-refractivity contribution in [2.75, 3.05) is 18.1 Å². The van der Waals surface area contributed by atoms with Gasteiger partial charge in [0.05, 0.1) is 5.69 Å².